The van der Waals surface area contributed by atoms with Gasteiger partial charge in [0.05, 0.1) is 13.2 Å². The van der Waals surface area contributed by atoms with Crippen molar-refractivity contribution in [2.24, 2.45) is 5.92 Å². The molecule has 0 aromatic heterocycles. The third-order valence-corrected chi connectivity index (χ3v) is 2.08. The smallest absolute Gasteiger partial charge is 0.410 e. The minimum absolute atomic E-state index is 0.262. The van der Waals surface area contributed by atoms with Gasteiger partial charge in [-0.1, -0.05) is 12.7 Å². The van der Waals surface area contributed by atoms with E-state index in [1.54, 1.807) is 18.1 Å². The zero-order valence-corrected chi connectivity index (χ0v) is 8.44. The number of nitrogens with zero attached hydrogens (tertiary/aromatic N) is 1. The Labute approximate surface area is 84.5 Å². The zero-order valence-electron chi connectivity index (χ0n) is 8.44. The molecule has 0 aromatic carbocycles. The van der Waals surface area contributed by atoms with Gasteiger partial charge in [-0.15, -0.1) is 0 Å². The summed E-state index contributed by atoms with van der Waals surface area (Å²) in [6.07, 6.45) is 2.13. The molecule has 1 aliphatic heterocycles. The Morgan fingerprint density at radius 3 is 3.21 bits per heavy atom. The predicted molar refractivity (Wildman–Crippen MR) is 52.5 cm³/mol. The van der Waals surface area contributed by atoms with Crippen molar-refractivity contribution in [2.45, 2.75) is 6.42 Å². The van der Waals surface area contributed by atoms with Crippen molar-refractivity contribution in [3.63, 3.8) is 0 Å². The van der Waals surface area contributed by atoms with Gasteiger partial charge in [0.2, 0.25) is 0 Å². The average molecular weight is 198 g/mol. The van der Waals surface area contributed by atoms with Gasteiger partial charge in [-0.2, -0.15) is 0 Å². The molecular weight excluding hydrogens is 182 g/mol. The Balaban J connectivity index is 2.26. The third-order valence-electron chi connectivity index (χ3n) is 2.08. The minimum Gasteiger partial charge on any atom is -0.445 e. The number of ether oxygens (including phenoxy) is 2. The van der Waals surface area contributed by atoms with Crippen LogP contribution in [-0.4, -0.2) is 37.9 Å². The van der Waals surface area contributed by atoms with Crippen LogP contribution >= 0.6 is 0 Å². The maximum Gasteiger partial charge on any atom is 0.410 e. The first kappa shape index (κ1) is 11.0. The highest BCUT2D eigenvalue weighted by Gasteiger charge is 2.27. The van der Waals surface area contributed by atoms with E-state index in [1.165, 1.54) is 0 Å². The molecule has 1 fully saturated rings. The lowest BCUT2D eigenvalue weighted by atomic mass is 10.1. The van der Waals surface area contributed by atoms with Crippen LogP contribution in [0.15, 0.2) is 12.7 Å². The summed E-state index contributed by atoms with van der Waals surface area (Å²) in [7, 11) is 1.67. The minimum atomic E-state index is -0.302. The van der Waals surface area contributed by atoms with Crippen LogP contribution in [0.25, 0.3) is 0 Å². The van der Waals surface area contributed by atoms with Crippen molar-refractivity contribution < 1.29 is 14.3 Å². The number of likely N-dealkylation sites (tertiary alicyclic amines) is 1. The van der Waals surface area contributed by atoms with E-state index in [4.69, 9.17) is 9.47 Å². The Kier molecular flexibility index (Phi) is 4.46. The van der Waals surface area contributed by atoms with Crippen LogP contribution in [-0.2, 0) is 9.47 Å². The Bertz CT molecular complexity index is 206. The summed E-state index contributed by atoms with van der Waals surface area (Å²) >= 11 is 0. The van der Waals surface area contributed by atoms with E-state index in [0.29, 0.717) is 19.1 Å². The van der Waals surface area contributed by atoms with E-state index in [0.717, 1.165) is 6.42 Å². The molecule has 1 rings (SSSR count). The molecule has 4 heteroatoms. The Morgan fingerprint density at radius 1 is 1.79 bits per heavy atom. The normalized spacial score (nSPS) is 20.9. The highest BCUT2D eigenvalue weighted by Crippen LogP contribution is 2.20. The molecule has 0 N–H and O–H groups in total. The van der Waals surface area contributed by atoms with Crippen LogP contribution < -0.4 is 0 Å². The first-order chi connectivity index (χ1) is 6.77. The van der Waals surface area contributed by atoms with Crippen molar-refractivity contribution in [3.8, 4) is 0 Å². The fourth-order valence-corrected chi connectivity index (χ4v) is 1.42. The van der Waals surface area contributed by atoms with Crippen molar-refractivity contribution in [1.82, 2.24) is 4.90 Å². The molecule has 0 aromatic rings. The molecule has 0 bridgehead atoms. The summed E-state index contributed by atoms with van der Waals surface area (Å²) in [5.74, 6) is 0.399. The van der Waals surface area contributed by atoms with E-state index in [1.807, 2.05) is 6.54 Å². The molecule has 1 radical (unpaired) electrons. The maximum atomic E-state index is 11.3. The molecule has 79 valence electrons. The third kappa shape index (κ3) is 3.03. The zero-order chi connectivity index (χ0) is 10.4. The molecule has 1 unspecified atom stereocenters. The van der Waals surface area contributed by atoms with E-state index in [-0.39, 0.29) is 12.7 Å². The van der Waals surface area contributed by atoms with Crippen molar-refractivity contribution in [1.29, 1.82) is 0 Å². The molecule has 1 heterocycles. The van der Waals surface area contributed by atoms with Gasteiger partial charge in [0.25, 0.3) is 0 Å². The first-order valence-electron chi connectivity index (χ1n) is 4.64. The molecule has 4 nitrogen and oxygen atoms in total. The summed E-state index contributed by atoms with van der Waals surface area (Å²) in [5.41, 5.74) is 0. The summed E-state index contributed by atoms with van der Waals surface area (Å²) in [6.45, 7) is 6.96. The van der Waals surface area contributed by atoms with Gasteiger partial charge in [-0.3, -0.25) is 0 Å². The first-order valence-corrected chi connectivity index (χ1v) is 4.64. The monoisotopic (exact) mass is 198 g/mol. The van der Waals surface area contributed by atoms with Crippen molar-refractivity contribution >= 4 is 6.09 Å². The second kappa shape index (κ2) is 5.65. The number of amides is 1. The highest BCUT2D eigenvalue weighted by atomic mass is 16.6. The lowest BCUT2D eigenvalue weighted by Crippen LogP contribution is -2.27. The van der Waals surface area contributed by atoms with E-state index in [2.05, 4.69) is 6.58 Å². The number of rotatable bonds is 4. The highest BCUT2D eigenvalue weighted by molar-refractivity contribution is 5.68. The van der Waals surface area contributed by atoms with Crippen LogP contribution in [0.4, 0.5) is 4.79 Å². The number of hydrogen-bond donors (Lipinski definition) is 0. The largest absolute Gasteiger partial charge is 0.445 e. The average Bonchev–Trinajstić information content (AvgIpc) is 2.63. The number of methoxy groups -OCH3 is 1. The lowest BCUT2D eigenvalue weighted by Gasteiger charge is -2.14. The number of carbonyl (C=O) groups is 1. The molecule has 0 spiro atoms. The molecule has 1 saturated heterocycles. The van der Waals surface area contributed by atoms with Crippen molar-refractivity contribution in [2.75, 3.05) is 26.9 Å². The van der Waals surface area contributed by atoms with Crippen LogP contribution in [0.3, 0.4) is 0 Å². The summed E-state index contributed by atoms with van der Waals surface area (Å²) in [6, 6.07) is 0. The fourth-order valence-electron chi connectivity index (χ4n) is 1.42. The maximum absolute atomic E-state index is 11.3. The van der Waals surface area contributed by atoms with Gasteiger partial charge in [0.1, 0.15) is 6.61 Å². The van der Waals surface area contributed by atoms with Crippen LogP contribution in [0, 0.1) is 12.5 Å². The van der Waals surface area contributed by atoms with E-state index < -0.39 is 0 Å². The summed E-state index contributed by atoms with van der Waals surface area (Å²) in [5, 5.41) is 0. The van der Waals surface area contributed by atoms with Crippen LogP contribution in [0.2, 0.25) is 0 Å². The van der Waals surface area contributed by atoms with Gasteiger partial charge in [-0.05, 0) is 6.42 Å². The lowest BCUT2D eigenvalue weighted by molar-refractivity contribution is 0.119. The van der Waals surface area contributed by atoms with Gasteiger partial charge in [0, 0.05) is 19.6 Å². The van der Waals surface area contributed by atoms with E-state index in [9.17, 15) is 4.79 Å². The second-order valence-corrected chi connectivity index (χ2v) is 3.26. The SMILES string of the molecule is C=CCOC(=O)N1[CH]CC(COC)C1. The van der Waals surface area contributed by atoms with Gasteiger partial charge < -0.3 is 14.4 Å². The molecule has 1 atom stereocenters. The standard InChI is InChI=1S/C10H16NO3/c1-3-6-14-10(12)11-5-4-9(7-11)8-13-2/h3,5,9H,1,4,6-8H2,2H3. The molecule has 0 saturated carbocycles. The summed E-state index contributed by atoms with van der Waals surface area (Å²) < 4.78 is 9.92. The quantitative estimate of drug-likeness (QED) is 0.641. The number of carbonyl (C=O) groups excluding carboxylic acids is 1. The fraction of sp³-hybridized carbons (Fsp3) is 0.600. The predicted octanol–water partition coefficient (Wildman–Crippen LogP) is 1.44. The van der Waals surface area contributed by atoms with Gasteiger partial charge in [0.15, 0.2) is 0 Å². The van der Waals surface area contributed by atoms with Gasteiger partial charge >= 0.3 is 6.09 Å². The number of hydrogen-bond acceptors (Lipinski definition) is 3. The molecular formula is C10H16NO3. The molecule has 0 aliphatic carbocycles. The van der Waals surface area contributed by atoms with Crippen molar-refractivity contribution in [3.05, 3.63) is 19.2 Å². The van der Waals surface area contributed by atoms with Gasteiger partial charge in [-0.25, -0.2) is 4.79 Å². The van der Waals surface area contributed by atoms with Crippen LogP contribution in [0.1, 0.15) is 6.42 Å². The summed E-state index contributed by atoms with van der Waals surface area (Å²) in [4.78, 5) is 12.9. The molecule has 14 heavy (non-hydrogen) atoms. The van der Waals surface area contributed by atoms with Crippen LogP contribution in [0.5, 0.6) is 0 Å². The topological polar surface area (TPSA) is 38.8 Å². The Hall–Kier alpha value is -1.03. The molecule has 1 amide bonds. The molecule has 1 aliphatic rings. The van der Waals surface area contributed by atoms with E-state index >= 15 is 0 Å². The second-order valence-electron chi connectivity index (χ2n) is 3.26. The Morgan fingerprint density at radius 2 is 2.57 bits per heavy atom.